The number of hydrogen-bond acceptors (Lipinski definition) is 4. The molecule has 6 nitrogen and oxygen atoms in total. The Morgan fingerprint density at radius 1 is 1.16 bits per heavy atom. The Morgan fingerprint density at radius 3 is 2.60 bits per heavy atom. The number of benzene rings is 1. The second kappa shape index (κ2) is 7.58. The number of halogens is 3. The SMILES string of the molecule is O=C(C=Cc1ncccc1NC(=O)c1cccc(C(F)(F)F)c1)NO. The summed E-state index contributed by atoms with van der Waals surface area (Å²) in [4.78, 5) is 27.1. The number of nitrogens with zero attached hydrogens (tertiary/aromatic N) is 1. The summed E-state index contributed by atoms with van der Waals surface area (Å²) in [7, 11) is 0. The van der Waals surface area contributed by atoms with E-state index < -0.39 is 23.6 Å². The summed E-state index contributed by atoms with van der Waals surface area (Å²) in [6.45, 7) is 0. The molecular formula is C16H12F3N3O3. The van der Waals surface area contributed by atoms with Crippen LogP contribution in [0.15, 0.2) is 48.7 Å². The quantitative estimate of drug-likeness (QED) is 0.449. The van der Waals surface area contributed by atoms with Gasteiger partial charge in [-0.1, -0.05) is 6.07 Å². The highest BCUT2D eigenvalue weighted by atomic mass is 19.4. The fourth-order valence-electron chi connectivity index (χ4n) is 1.88. The van der Waals surface area contributed by atoms with Crippen molar-refractivity contribution in [1.82, 2.24) is 10.5 Å². The van der Waals surface area contributed by atoms with Crippen molar-refractivity contribution in [2.75, 3.05) is 5.32 Å². The standard InChI is InChI=1S/C16H12F3N3O3/c17-16(18,19)11-4-1-3-10(9-11)15(24)21-13-5-2-8-20-12(13)6-7-14(23)22-25/h1-9,25H,(H,21,24)(H,22,23). The third-order valence-electron chi connectivity index (χ3n) is 3.04. The monoisotopic (exact) mass is 351 g/mol. The number of aromatic nitrogens is 1. The molecule has 2 amide bonds. The summed E-state index contributed by atoms with van der Waals surface area (Å²) in [5.74, 6) is -1.57. The molecule has 25 heavy (non-hydrogen) atoms. The zero-order chi connectivity index (χ0) is 18.4. The minimum absolute atomic E-state index is 0.179. The van der Waals surface area contributed by atoms with E-state index in [1.807, 2.05) is 0 Å². The van der Waals surface area contributed by atoms with Gasteiger partial charge in [-0.15, -0.1) is 0 Å². The topological polar surface area (TPSA) is 91.3 Å². The molecule has 1 aromatic carbocycles. The van der Waals surface area contributed by atoms with Crippen molar-refractivity contribution >= 4 is 23.6 Å². The second-order valence-corrected chi connectivity index (χ2v) is 4.78. The van der Waals surface area contributed by atoms with E-state index in [0.29, 0.717) is 0 Å². The normalized spacial score (nSPS) is 11.4. The summed E-state index contributed by atoms with van der Waals surface area (Å²) in [6.07, 6.45) is -0.956. The van der Waals surface area contributed by atoms with Crippen LogP contribution in [0.1, 0.15) is 21.6 Å². The molecule has 0 aliphatic rings. The maximum Gasteiger partial charge on any atom is 0.416 e. The van der Waals surface area contributed by atoms with Crippen molar-refractivity contribution in [3.05, 3.63) is 65.5 Å². The Bertz CT molecular complexity index is 820. The number of carbonyl (C=O) groups is 2. The predicted molar refractivity (Wildman–Crippen MR) is 82.6 cm³/mol. The molecule has 0 bridgehead atoms. The first kappa shape index (κ1) is 18.1. The van der Waals surface area contributed by atoms with Crippen molar-refractivity contribution in [3.63, 3.8) is 0 Å². The molecule has 0 aliphatic heterocycles. The van der Waals surface area contributed by atoms with Crippen LogP contribution in [-0.2, 0) is 11.0 Å². The van der Waals surface area contributed by atoms with Crippen molar-refractivity contribution in [3.8, 4) is 0 Å². The van der Waals surface area contributed by atoms with Crippen LogP contribution in [0.25, 0.3) is 6.08 Å². The average molecular weight is 351 g/mol. The first-order chi connectivity index (χ1) is 11.8. The van der Waals surface area contributed by atoms with Crippen LogP contribution >= 0.6 is 0 Å². The molecule has 0 spiro atoms. The Balaban J connectivity index is 2.24. The van der Waals surface area contributed by atoms with Crippen molar-refractivity contribution in [1.29, 1.82) is 0 Å². The van der Waals surface area contributed by atoms with Crippen LogP contribution in [0.5, 0.6) is 0 Å². The smallest absolute Gasteiger partial charge is 0.320 e. The summed E-state index contributed by atoms with van der Waals surface area (Å²) < 4.78 is 38.2. The summed E-state index contributed by atoms with van der Waals surface area (Å²) in [5, 5.41) is 10.9. The zero-order valence-corrected chi connectivity index (χ0v) is 12.5. The van der Waals surface area contributed by atoms with Gasteiger partial charge in [-0.3, -0.25) is 19.8 Å². The molecule has 2 rings (SSSR count). The first-order valence-electron chi connectivity index (χ1n) is 6.87. The molecule has 0 fully saturated rings. The molecule has 130 valence electrons. The van der Waals surface area contributed by atoms with Gasteiger partial charge in [-0.2, -0.15) is 13.2 Å². The Kier molecular flexibility index (Phi) is 5.50. The van der Waals surface area contributed by atoms with E-state index in [2.05, 4.69) is 10.3 Å². The summed E-state index contributed by atoms with van der Waals surface area (Å²) in [5.41, 5.74) is 0.650. The largest absolute Gasteiger partial charge is 0.416 e. The van der Waals surface area contributed by atoms with Crippen LogP contribution in [0.4, 0.5) is 18.9 Å². The molecular weight excluding hydrogens is 339 g/mol. The molecule has 0 unspecified atom stereocenters. The number of amides is 2. The first-order valence-corrected chi connectivity index (χ1v) is 6.87. The molecule has 0 saturated heterocycles. The van der Waals surface area contributed by atoms with Gasteiger partial charge in [-0.25, -0.2) is 5.48 Å². The van der Waals surface area contributed by atoms with Crippen LogP contribution in [-0.4, -0.2) is 22.0 Å². The fraction of sp³-hybridized carbons (Fsp3) is 0.0625. The Morgan fingerprint density at radius 2 is 1.92 bits per heavy atom. The van der Waals surface area contributed by atoms with Gasteiger partial charge in [0.15, 0.2) is 0 Å². The lowest BCUT2D eigenvalue weighted by Crippen LogP contribution is -2.16. The second-order valence-electron chi connectivity index (χ2n) is 4.78. The molecule has 1 aromatic heterocycles. The van der Waals surface area contributed by atoms with Crippen molar-refractivity contribution < 1.29 is 28.0 Å². The van der Waals surface area contributed by atoms with Gasteiger partial charge >= 0.3 is 6.18 Å². The van der Waals surface area contributed by atoms with Crippen LogP contribution in [0.3, 0.4) is 0 Å². The van der Waals surface area contributed by atoms with Crippen LogP contribution < -0.4 is 10.8 Å². The lowest BCUT2D eigenvalue weighted by atomic mass is 10.1. The molecule has 0 atom stereocenters. The Labute approximate surface area is 140 Å². The van der Waals surface area contributed by atoms with Crippen molar-refractivity contribution in [2.24, 2.45) is 0 Å². The average Bonchev–Trinajstić information content (AvgIpc) is 2.60. The van der Waals surface area contributed by atoms with E-state index in [1.54, 1.807) is 0 Å². The highest BCUT2D eigenvalue weighted by Gasteiger charge is 2.30. The molecule has 2 aromatic rings. The predicted octanol–water partition coefficient (Wildman–Crippen LogP) is 2.87. The molecule has 9 heteroatoms. The van der Waals surface area contributed by atoms with E-state index in [0.717, 1.165) is 24.3 Å². The van der Waals surface area contributed by atoms with Gasteiger partial charge in [0.05, 0.1) is 16.9 Å². The maximum absolute atomic E-state index is 12.7. The minimum Gasteiger partial charge on any atom is -0.320 e. The number of anilines is 1. The van der Waals surface area contributed by atoms with Gasteiger partial charge in [0.25, 0.3) is 11.8 Å². The van der Waals surface area contributed by atoms with Gasteiger partial charge in [-0.05, 0) is 36.4 Å². The number of hydroxylamine groups is 1. The number of alkyl halides is 3. The lowest BCUT2D eigenvalue weighted by molar-refractivity contribution is -0.137. The Hall–Kier alpha value is -3.20. The number of pyridine rings is 1. The van der Waals surface area contributed by atoms with Crippen molar-refractivity contribution in [2.45, 2.75) is 6.18 Å². The highest BCUT2D eigenvalue weighted by molar-refractivity contribution is 6.05. The fourth-order valence-corrected chi connectivity index (χ4v) is 1.88. The van der Waals surface area contributed by atoms with Crippen LogP contribution in [0.2, 0.25) is 0 Å². The van der Waals surface area contributed by atoms with E-state index in [1.165, 1.54) is 36.0 Å². The lowest BCUT2D eigenvalue weighted by Gasteiger charge is -2.10. The minimum atomic E-state index is -4.56. The molecule has 0 aliphatic carbocycles. The third-order valence-corrected chi connectivity index (χ3v) is 3.04. The molecule has 3 N–H and O–H groups in total. The van der Waals surface area contributed by atoms with Gasteiger partial charge in [0, 0.05) is 17.8 Å². The number of hydrogen-bond donors (Lipinski definition) is 3. The number of nitrogens with one attached hydrogen (secondary N) is 2. The van der Waals surface area contributed by atoms with E-state index in [4.69, 9.17) is 5.21 Å². The van der Waals surface area contributed by atoms with Gasteiger partial charge < -0.3 is 5.32 Å². The molecule has 0 saturated carbocycles. The van der Waals surface area contributed by atoms with Gasteiger partial charge in [0.2, 0.25) is 0 Å². The highest BCUT2D eigenvalue weighted by Crippen LogP contribution is 2.29. The molecule has 1 heterocycles. The summed E-state index contributed by atoms with van der Waals surface area (Å²) in [6, 6.07) is 6.95. The third kappa shape index (κ3) is 4.88. The molecule has 0 radical (unpaired) electrons. The number of rotatable bonds is 4. The van der Waals surface area contributed by atoms with E-state index in [9.17, 15) is 22.8 Å². The summed E-state index contributed by atoms with van der Waals surface area (Å²) >= 11 is 0. The number of carbonyl (C=O) groups excluding carboxylic acids is 2. The van der Waals surface area contributed by atoms with E-state index >= 15 is 0 Å². The zero-order valence-electron chi connectivity index (χ0n) is 12.5. The maximum atomic E-state index is 12.7. The van der Waals surface area contributed by atoms with Gasteiger partial charge in [0.1, 0.15) is 0 Å². The van der Waals surface area contributed by atoms with Crippen LogP contribution in [0, 0.1) is 0 Å². The van der Waals surface area contributed by atoms with E-state index in [-0.39, 0.29) is 16.9 Å².